The molecule has 2 aromatic heterocycles. The summed E-state index contributed by atoms with van der Waals surface area (Å²) in [6, 6.07) is 2.95. The SMILES string of the molecule is C[Si]1(C)CCN(c2c(-c3c(F)cc(F)cc3F)c(F)nc3ncnn23)CC1. The molecule has 0 unspecified atom stereocenters. The fourth-order valence-electron chi connectivity index (χ4n) is 3.41. The molecule has 0 N–H and O–H groups in total. The van der Waals surface area contributed by atoms with Crippen molar-refractivity contribution in [2.75, 3.05) is 18.0 Å². The van der Waals surface area contributed by atoms with Crippen LogP contribution >= 0.6 is 0 Å². The molecule has 0 radical (unpaired) electrons. The molecule has 1 fully saturated rings. The molecule has 1 aromatic carbocycles. The molecule has 5 nitrogen and oxygen atoms in total. The van der Waals surface area contributed by atoms with E-state index in [0.717, 1.165) is 12.1 Å². The summed E-state index contributed by atoms with van der Waals surface area (Å²) < 4.78 is 58.4. The Kier molecular flexibility index (Phi) is 4.17. The van der Waals surface area contributed by atoms with Crippen LogP contribution in [0.15, 0.2) is 18.5 Å². The van der Waals surface area contributed by atoms with Gasteiger partial charge in [-0.05, 0) is 12.1 Å². The van der Waals surface area contributed by atoms with E-state index < -0.39 is 37.0 Å². The number of fused-ring (bicyclic) bond motifs is 1. The smallest absolute Gasteiger partial charge is 0.256 e. The first-order valence-corrected chi connectivity index (χ1v) is 12.0. The maximum Gasteiger partial charge on any atom is 0.256 e. The van der Waals surface area contributed by atoms with E-state index >= 15 is 0 Å². The highest BCUT2D eigenvalue weighted by molar-refractivity contribution is 6.77. The van der Waals surface area contributed by atoms with Crippen molar-refractivity contribution in [3.8, 4) is 11.1 Å². The predicted octanol–water partition coefficient (Wildman–Crippen LogP) is 3.88. The van der Waals surface area contributed by atoms with Crippen molar-refractivity contribution < 1.29 is 17.6 Å². The van der Waals surface area contributed by atoms with Crippen LogP contribution in [0.2, 0.25) is 25.2 Å². The lowest BCUT2D eigenvalue weighted by Gasteiger charge is -2.37. The quantitative estimate of drug-likeness (QED) is 0.375. The van der Waals surface area contributed by atoms with Gasteiger partial charge in [0.15, 0.2) is 0 Å². The third-order valence-corrected chi connectivity index (χ3v) is 8.19. The van der Waals surface area contributed by atoms with Gasteiger partial charge in [-0.1, -0.05) is 13.1 Å². The molecule has 0 saturated carbocycles. The van der Waals surface area contributed by atoms with Gasteiger partial charge in [-0.25, -0.2) is 13.2 Å². The summed E-state index contributed by atoms with van der Waals surface area (Å²) in [4.78, 5) is 9.42. The minimum absolute atomic E-state index is 0.00347. The number of rotatable bonds is 2. The van der Waals surface area contributed by atoms with Crippen molar-refractivity contribution in [2.24, 2.45) is 0 Å². The second-order valence-electron chi connectivity index (χ2n) is 7.47. The van der Waals surface area contributed by atoms with Crippen molar-refractivity contribution in [2.45, 2.75) is 25.2 Å². The van der Waals surface area contributed by atoms with Gasteiger partial charge < -0.3 is 4.90 Å². The average molecular weight is 395 g/mol. The van der Waals surface area contributed by atoms with Crippen molar-refractivity contribution in [1.29, 1.82) is 0 Å². The first-order valence-electron chi connectivity index (χ1n) is 8.56. The molecule has 1 aliphatic rings. The van der Waals surface area contributed by atoms with Gasteiger partial charge in [-0.3, -0.25) is 0 Å². The topological polar surface area (TPSA) is 46.3 Å². The molecule has 0 amide bonds. The van der Waals surface area contributed by atoms with E-state index in [4.69, 9.17) is 0 Å². The predicted molar refractivity (Wildman–Crippen MR) is 95.4 cm³/mol. The zero-order valence-corrected chi connectivity index (χ0v) is 15.8. The number of hydrogen-bond donors (Lipinski definition) is 0. The standard InChI is InChI=1S/C17H17F4N5Si/c1-27(2)5-3-25(4-6-27)16-14(13-11(19)7-10(18)8-12(13)20)15(21)24-17-22-9-23-26(16)17/h7-9H,3-6H2,1-2H3. The van der Waals surface area contributed by atoms with Gasteiger partial charge >= 0.3 is 0 Å². The van der Waals surface area contributed by atoms with Crippen LogP contribution in [-0.2, 0) is 0 Å². The van der Waals surface area contributed by atoms with Gasteiger partial charge in [0.1, 0.15) is 29.6 Å². The average Bonchev–Trinajstić information content (AvgIpc) is 3.02. The Morgan fingerprint density at radius 3 is 2.22 bits per heavy atom. The van der Waals surface area contributed by atoms with E-state index in [9.17, 15) is 17.6 Å². The van der Waals surface area contributed by atoms with Crippen LogP contribution in [0.4, 0.5) is 23.4 Å². The van der Waals surface area contributed by atoms with E-state index in [2.05, 4.69) is 28.2 Å². The number of aromatic nitrogens is 4. The van der Waals surface area contributed by atoms with E-state index in [1.165, 1.54) is 10.8 Å². The molecule has 1 aliphatic heterocycles. The number of nitrogens with zero attached hydrogens (tertiary/aromatic N) is 5. The summed E-state index contributed by atoms with van der Waals surface area (Å²) in [5.41, 5.74) is -1.03. The highest BCUT2D eigenvalue weighted by Gasteiger charge is 2.33. The van der Waals surface area contributed by atoms with Gasteiger partial charge in [-0.15, -0.1) is 0 Å². The number of benzene rings is 1. The summed E-state index contributed by atoms with van der Waals surface area (Å²) >= 11 is 0. The van der Waals surface area contributed by atoms with Crippen LogP contribution in [0, 0.1) is 23.4 Å². The molecule has 27 heavy (non-hydrogen) atoms. The monoisotopic (exact) mass is 395 g/mol. The molecule has 0 spiro atoms. The first kappa shape index (κ1) is 17.9. The number of halogens is 4. The maximum absolute atomic E-state index is 14.9. The first-order chi connectivity index (χ1) is 12.8. The molecule has 0 bridgehead atoms. The number of hydrogen-bond acceptors (Lipinski definition) is 4. The molecule has 10 heteroatoms. The Morgan fingerprint density at radius 2 is 1.59 bits per heavy atom. The summed E-state index contributed by atoms with van der Waals surface area (Å²) in [5, 5.41) is 4.06. The van der Waals surface area contributed by atoms with Crippen molar-refractivity contribution >= 4 is 19.7 Å². The Balaban J connectivity index is 1.97. The molecular formula is C17H17F4N5Si. The van der Waals surface area contributed by atoms with Crippen LogP contribution in [0.25, 0.3) is 16.9 Å². The van der Waals surface area contributed by atoms with Crippen molar-refractivity contribution in [1.82, 2.24) is 19.6 Å². The lowest BCUT2D eigenvalue weighted by molar-refractivity contribution is 0.540. The molecule has 3 aromatic rings. The van der Waals surface area contributed by atoms with Crippen molar-refractivity contribution in [3.05, 3.63) is 41.9 Å². The molecule has 0 atom stereocenters. The molecule has 4 rings (SSSR count). The summed E-state index contributed by atoms with van der Waals surface area (Å²) in [7, 11) is -1.35. The van der Waals surface area contributed by atoms with Crippen LogP contribution in [0.5, 0.6) is 0 Å². The summed E-state index contributed by atoms with van der Waals surface area (Å²) in [5.74, 6) is -4.35. The number of anilines is 1. The third kappa shape index (κ3) is 3.07. The zero-order valence-electron chi connectivity index (χ0n) is 14.8. The lowest BCUT2D eigenvalue weighted by atomic mass is 10.1. The fraction of sp³-hybridized carbons (Fsp3) is 0.353. The molecule has 142 valence electrons. The second kappa shape index (κ2) is 6.29. The molecular weight excluding hydrogens is 378 g/mol. The van der Waals surface area contributed by atoms with Crippen LogP contribution < -0.4 is 4.90 Å². The largest absolute Gasteiger partial charge is 0.356 e. The summed E-state index contributed by atoms with van der Waals surface area (Å²) in [6.45, 7) is 5.75. The molecule has 1 saturated heterocycles. The Labute approximate surface area is 153 Å². The lowest BCUT2D eigenvalue weighted by Crippen LogP contribution is -2.43. The minimum atomic E-state index is -1.35. The highest BCUT2D eigenvalue weighted by Crippen LogP contribution is 2.38. The van der Waals surface area contributed by atoms with Crippen LogP contribution in [0.3, 0.4) is 0 Å². The van der Waals surface area contributed by atoms with Crippen LogP contribution in [-0.4, -0.2) is 40.7 Å². The van der Waals surface area contributed by atoms with Crippen molar-refractivity contribution in [3.63, 3.8) is 0 Å². The van der Waals surface area contributed by atoms with Gasteiger partial charge in [-0.2, -0.15) is 24.0 Å². The second-order valence-corrected chi connectivity index (χ2v) is 12.8. The third-order valence-electron chi connectivity index (χ3n) is 5.03. The van der Waals surface area contributed by atoms with Gasteiger partial charge in [0.05, 0.1) is 19.2 Å². The Morgan fingerprint density at radius 1 is 0.963 bits per heavy atom. The van der Waals surface area contributed by atoms with E-state index in [1.807, 2.05) is 4.90 Å². The molecule has 3 heterocycles. The Bertz CT molecular complexity index is 1000. The zero-order chi connectivity index (χ0) is 19.3. The van der Waals surface area contributed by atoms with E-state index in [-0.39, 0.29) is 17.2 Å². The van der Waals surface area contributed by atoms with E-state index in [0.29, 0.717) is 25.2 Å². The Hall–Kier alpha value is -2.49. The molecule has 0 aliphatic carbocycles. The highest BCUT2D eigenvalue weighted by atomic mass is 28.3. The fourth-order valence-corrected chi connectivity index (χ4v) is 5.42. The van der Waals surface area contributed by atoms with Gasteiger partial charge in [0, 0.05) is 25.2 Å². The normalized spacial score (nSPS) is 16.9. The van der Waals surface area contributed by atoms with Gasteiger partial charge in [0.25, 0.3) is 5.78 Å². The van der Waals surface area contributed by atoms with E-state index in [1.54, 1.807) is 0 Å². The van der Waals surface area contributed by atoms with Gasteiger partial charge in [0.2, 0.25) is 5.95 Å². The maximum atomic E-state index is 14.9. The summed E-state index contributed by atoms with van der Waals surface area (Å²) in [6.07, 6.45) is 1.20. The minimum Gasteiger partial charge on any atom is -0.356 e. The van der Waals surface area contributed by atoms with Crippen LogP contribution in [0.1, 0.15) is 0 Å².